The molecule has 31 heavy (non-hydrogen) atoms. The second kappa shape index (κ2) is 8.20. The molecule has 1 fully saturated rings. The molecule has 2 heterocycles. The average Bonchev–Trinajstić information content (AvgIpc) is 3.21. The predicted molar refractivity (Wildman–Crippen MR) is 114 cm³/mol. The molecular formula is C22H23F3N4OS. The summed E-state index contributed by atoms with van der Waals surface area (Å²) in [6.07, 6.45) is 1.64. The summed E-state index contributed by atoms with van der Waals surface area (Å²) in [7, 11) is 0. The van der Waals surface area contributed by atoms with Crippen LogP contribution in [0.5, 0.6) is 0 Å². The number of anilines is 2. The van der Waals surface area contributed by atoms with Crippen LogP contribution in [0.1, 0.15) is 48.9 Å². The minimum absolute atomic E-state index is 0.123. The number of alkyl halides is 3. The van der Waals surface area contributed by atoms with Crippen molar-refractivity contribution in [3.63, 3.8) is 0 Å². The Balaban J connectivity index is 1.59. The quantitative estimate of drug-likeness (QED) is 0.507. The van der Waals surface area contributed by atoms with Crippen LogP contribution >= 0.6 is 11.3 Å². The second-order valence-corrected chi connectivity index (χ2v) is 9.25. The molecule has 5 nitrogen and oxygen atoms in total. The van der Waals surface area contributed by atoms with Gasteiger partial charge in [0.05, 0.1) is 4.88 Å². The summed E-state index contributed by atoms with van der Waals surface area (Å²) < 4.78 is 38.8. The van der Waals surface area contributed by atoms with Gasteiger partial charge in [0.15, 0.2) is 0 Å². The first-order chi connectivity index (χ1) is 14.6. The molecule has 0 bridgehead atoms. The maximum absolute atomic E-state index is 12.9. The Morgan fingerprint density at radius 3 is 2.61 bits per heavy atom. The maximum Gasteiger partial charge on any atom is 0.433 e. The number of rotatable bonds is 4. The first kappa shape index (κ1) is 21.7. The van der Waals surface area contributed by atoms with E-state index in [-0.39, 0.29) is 5.95 Å². The fourth-order valence-electron chi connectivity index (χ4n) is 3.78. The van der Waals surface area contributed by atoms with Crippen LogP contribution in [-0.2, 0) is 11.8 Å². The molecule has 1 saturated carbocycles. The molecular weight excluding hydrogens is 425 g/mol. The molecule has 0 atom stereocenters. The van der Waals surface area contributed by atoms with Crippen molar-refractivity contribution < 1.29 is 18.3 Å². The van der Waals surface area contributed by atoms with Gasteiger partial charge in [0, 0.05) is 18.1 Å². The molecule has 0 radical (unpaired) electrons. The minimum Gasteiger partial charge on any atom is -0.383 e. The van der Waals surface area contributed by atoms with E-state index in [9.17, 15) is 18.3 Å². The molecule has 3 aromatic rings. The third-order valence-electron chi connectivity index (χ3n) is 5.57. The molecule has 164 valence electrons. The lowest BCUT2D eigenvalue weighted by atomic mass is 9.80. The zero-order chi connectivity index (χ0) is 22.2. The maximum atomic E-state index is 12.9. The van der Waals surface area contributed by atoms with Crippen LogP contribution in [0.2, 0.25) is 0 Å². The average molecular weight is 449 g/mol. The standard InChI is InChI=1S/C22H23F3N4OS/c1-13-3-6-21(30,7-4-13)19-27-12-17(31-19)15-9-14(2)10-16(11-15)28-20-26-8-5-18(29-20)22(23,24)25/h5,8-13,30H,3-4,6-7H2,1-2H3,(H,26,28,29). The SMILES string of the molecule is Cc1cc(Nc2nccc(C(F)(F)F)n2)cc(-c2cnc(C3(O)CCC(C)CC3)s2)c1. The molecule has 1 aromatic carbocycles. The number of nitrogens with zero attached hydrogens (tertiary/aromatic N) is 3. The van der Waals surface area contributed by atoms with Crippen LogP contribution in [0.4, 0.5) is 24.8 Å². The van der Waals surface area contributed by atoms with E-state index in [1.807, 2.05) is 25.1 Å². The van der Waals surface area contributed by atoms with E-state index < -0.39 is 17.5 Å². The van der Waals surface area contributed by atoms with E-state index in [0.29, 0.717) is 29.5 Å². The summed E-state index contributed by atoms with van der Waals surface area (Å²) in [5.74, 6) is 0.491. The Kier molecular flexibility index (Phi) is 5.74. The molecule has 1 aliphatic rings. The Hall–Kier alpha value is -2.52. The molecule has 0 spiro atoms. The Bertz CT molecular complexity index is 1070. The summed E-state index contributed by atoms with van der Waals surface area (Å²) in [6.45, 7) is 4.10. The third-order valence-corrected chi connectivity index (χ3v) is 6.81. The summed E-state index contributed by atoms with van der Waals surface area (Å²) in [5, 5.41) is 14.6. The van der Waals surface area contributed by atoms with E-state index in [1.165, 1.54) is 11.3 Å². The van der Waals surface area contributed by atoms with E-state index in [0.717, 1.165) is 41.1 Å². The molecule has 0 aliphatic heterocycles. The smallest absolute Gasteiger partial charge is 0.383 e. The van der Waals surface area contributed by atoms with Gasteiger partial charge in [-0.25, -0.2) is 15.0 Å². The molecule has 0 saturated heterocycles. The number of nitrogens with one attached hydrogen (secondary N) is 1. The Morgan fingerprint density at radius 2 is 1.90 bits per heavy atom. The summed E-state index contributed by atoms with van der Waals surface area (Å²) in [6, 6.07) is 6.44. The predicted octanol–water partition coefficient (Wildman–Crippen LogP) is 6.07. The van der Waals surface area contributed by atoms with E-state index in [1.54, 1.807) is 6.20 Å². The van der Waals surface area contributed by atoms with Crippen molar-refractivity contribution in [3.05, 3.63) is 52.9 Å². The van der Waals surface area contributed by atoms with Crippen molar-refractivity contribution in [2.45, 2.75) is 51.3 Å². The van der Waals surface area contributed by atoms with Crippen LogP contribution < -0.4 is 5.32 Å². The summed E-state index contributed by atoms with van der Waals surface area (Å²) in [5.41, 5.74) is 0.485. The second-order valence-electron chi connectivity index (χ2n) is 8.22. The van der Waals surface area contributed by atoms with Crippen molar-refractivity contribution in [1.82, 2.24) is 15.0 Å². The molecule has 0 amide bonds. The number of aliphatic hydroxyl groups is 1. The van der Waals surface area contributed by atoms with E-state index in [4.69, 9.17) is 0 Å². The number of benzene rings is 1. The van der Waals surface area contributed by atoms with Gasteiger partial charge in [-0.15, -0.1) is 11.3 Å². The molecule has 4 rings (SSSR count). The number of aromatic nitrogens is 3. The first-order valence-electron chi connectivity index (χ1n) is 10.1. The van der Waals surface area contributed by atoms with Gasteiger partial charge in [-0.2, -0.15) is 13.2 Å². The number of hydrogen-bond acceptors (Lipinski definition) is 6. The molecule has 9 heteroatoms. The highest BCUT2D eigenvalue weighted by Crippen LogP contribution is 2.42. The highest BCUT2D eigenvalue weighted by Gasteiger charge is 2.36. The molecule has 2 aromatic heterocycles. The highest BCUT2D eigenvalue weighted by atomic mass is 32.1. The third kappa shape index (κ3) is 4.88. The number of hydrogen-bond donors (Lipinski definition) is 2. The number of aryl methyl sites for hydroxylation is 1. The molecule has 2 N–H and O–H groups in total. The topological polar surface area (TPSA) is 70.9 Å². The normalized spacial score (nSPS) is 21.8. The zero-order valence-electron chi connectivity index (χ0n) is 17.2. The lowest BCUT2D eigenvalue weighted by molar-refractivity contribution is -0.141. The number of thiazole rings is 1. The monoisotopic (exact) mass is 448 g/mol. The zero-order valence-corrected chi connectivity index (χ0v) is 18.0. The van der Waals surface area contributed by atoms with Crippen molar-refractivity contribution in [2.75, 3.05) is 5.32 Å². The van der Waals surface area contributed by atoms with Gasteiger partial charge in [0.25, 0.3) is 0 Å². The van der Waals surface area contributed by atoms with Gasteiger partial charge in [0.1, 0.15) is 16.3 Å². The fourth-order valence-corrected chi connectivity index (χ4v) is 4.83. The Labute approximate surface area is 182 Å². The molecule has 1 aliphatic carbocycles. The van der Waals surface area contributed by atoms with Crippen LogP contribution in [-0.4, -0.2) is 20.1 Å². The van der Waals surface area contributed by atoms with Gasteiger partial charge in [0.2, 0.25) is 5.95 Å². The van der Waals surface area contributed by atoms with Crippen LogP contribution in [0.3, 0.4) is 0 Å². The molecule has 0 unspecified atom stereocenters. The lowest BCUT2D eigenvalue weighted by Gasteiger charge is -2.33. The van der Waals surface area contributed by atoms with Crippen molar-refractivity contribution in [1.29, 1.82) is 0 Å². The van der Waals surface area contributed by atoms with Crippen LogP contribution in [0.15, 0.2) is 36.7 Å². The summed E-state index contributed by atoms with van der Waals surface area (Å²) in [4.78, 5) is 12.8. The van der Waals surface area contributed by atoms with Crippen molar-refractivity contribution in [3.8, 4) is 10.4 Å². The minimum atomic E-state index is -4.53. The number of halogens is 3. The van der Waals surface area contributed by atoms with Crippen LogP contribution in [0, 0.1) is 12.8 Å². The van der Waals surface area contributed by atoms with E-state index in [2.05, 4.69) is 27.2 Å². The van der Waals surface area contributed by atoms with E-state index >= 15 is 0 Å². The van der Waals surface area contributed by atoms with Crippen molar-refractivity contribution >= 4 is 23.0 Å². The van der Waals surface area contributed by atoms with Gasteiger partial charge >= 0.3 is 6.18 Å². The largest absolute Gasteiger partial charge is 0.433 e. The van der Waals surface area contributed by atoms with Gasteiger partial charge in [-0.05, 0) is 67.9 Å². The fraction of sp³-hybridized carbons (Fsp3) is 0.409. The van der Waals surface area contributed by atoms with Gasteiger partial charge in [-0.1, -0.05) is 13.0 Å². The highest BCUT2D eigenvalue weighted by molar-refractivity contribution is 7.15. The van der Waals surface area contributed by atoms with Gasteiger partial charge in [-0.3, -0.25) is 0 Å². The van der Waals surface area contributed by atoms with Gasteiger partial charge < -0.3 is 10.4 Å². The Morgan fingerprint density at radius 1 is 1.16 bits per heavy atom. The van der Waals surface area contributed by atoms with Crippen LogP contribution in [0.25, 0.3) is 10.4 Å². The lowest BCUT2D eigenvalue weighted by Crippen LogP contribution is -2.30. The first-order valence-corrected chi connectivity index (χ1v) is 10.9. The van der Waals surface area contributed by atoms with Crippen molar-refractivity contribution in [2.24, 2.45) is 5.92 Å². The summed E-state index contributed by atoms with van der Waals surface area (Å²) >= 11 is 1.45.